The molecule has 9 nitrogen and oxygen atoms in total. The number of aromatic nitrogens is 3. The van der Waals surface area contributed by atoms with E-state index < -0.39 is 5.82 Å². The summed E-state index contributed by atoms with van der Waals surface area (Å²) in [5.41, 5.74) is 3.66. The zero-order chi connectivity index (χ0) is 32.9. The quantitative estimate of drug-likeness (QED) is 0.115. The lowest BCUT2D eigenvalue weighted by Crippen LogP contribution is -2.31. The summed E-state index contributed by atoms with van der Waals surface area (Å²) in [5.74, 6) is 0.337. The Morgan fingerprint density at radius 1 is 0.957 bits per heavy atom. The molecule has 2 aromatic carbocycles. The lowest BCUT2D eigenvalue weighted by molar-refractivity contribution is 0.224. The van der Waals surface area contributed by atoms with Gasteiger partial charge in [0.15, 0.2) is 11.6 Å². The summed E-state index contributed by atoms with van der Waals surface area (Å²) >= 11 is 0. The van der Waals surface area contributed by atoms with Crippen LogP contribution >= 0.6 is 0 Å². The first-order chi connectivity index (χ1) is 22.3. The van der Waals surface area contributed by atoms with Crippen LogP contribution in [0.3, 0.4) is 0 Å². The molecule has 0 atom stereocenters. The van der Waals surface area contributed by atoms with Crippen molar-refractivity contribution >= 4 is 17.5 Å². The number of urea groups is 1. The molecule has 2 N–H and O–H groups in total. The molecule has 2 amide bonds. The van der Waals surface area contributed by atoms with Gasteiger partial charge in [-0.1, -0.05) is 56.7 Å². The lowest BCUT2D eigenvalue weighted by Gasteiger charge is -2.15. The van der Waals surface area contributed by atoms with Crippen LogP contribution in [0.1, 0.15) is 69.5 Å². The molecule has 46 heavy (non-hydrogen) atoms. The predicted molar refractivity (Wildman–Crippen MR) is 183 cm³/mol. The number of halogens is 1. The first-order valence-corrected chi connectivity index (χ1v) is 16.3. The SMILES string of the molecule is CCN(C)C(=O)Nc1cc(Oc2ccc(NCCCCCCCCCCc3c(C)n(C)n(-c4ccccc4)c3=O)cc2F)ccn1. The number of nitrogens with one attached hydrogen (secondary N) is 2. The number of anilines is 2. The Morgan fingerprint density at radius 3 is 2.35 bits per heavy atom. The molecule has 10 heteroatoms. The standard InChI is InChI=1S/C36H47FN6O3/c1-5-41(3)36(45)40-34-26-30(22-24-39-34)46-33-21-20-28(25-32(33)37)38-23-16-11-9-7-6-8-10-15-19-31-27(2)42(4)43(35(31)44)29-17-13-12-14-18-29/h12-14,17-18,20-22,24-26,38H,5-11,15-16,19,23H2,1-4H3,(H,39,40,45). The number of carbonyl (C=O) groups is 1. The number of unbranched alkanes of at least 4 members (excludes halogenated alkanes) is 7. The van der Waals surface area contributed by atoms with Gasteiger partial charge in [0, 0.05) is 62.5 Å². The summed E-state index contributed by atoms with van der Waals surface area (Å²) in [5, 5.41) is 5.99. The summed E-state index contributed by atoms with van der Waals surface area (Å²) in [6.07, 6.45) is 11.3. The molecule has 246 valence electrons. The highest BCUT2D eigenvalue weighted by Gasteiger charge is 2.15. The van der Waals surface area contributed by atoms with Gasteiger partial charge in [-0.15, -0.1) is 0 Å². The van der Waals surface area contributed by atoms with Crippen molar-refractivity contribution in [3.63, 3.8) is 0 Å². The van der Waals surface area contributed by atoms with Crippen LogP contribution in [0.15, 0.2) is 71.7 Å². The Balaban J connectivity index is 1.09. The average molecular weight is 631 g/mol. The molecule has 0 bridgehead atoms. The van der Waals surface area contributed by atoms with E-state index in [0.29, 0.717) is 23.8 Å². The van der Waals surface area contributed by atoms with Crippen molar-refractivity contribution in [1.29, 1.82) is 0 Å². The maximum Gasteiger partial charge on any atom is 0.322 e. The molecule has 0 aliphatic rings. The van der Waals surface area contributed by atoms with E-state index >= 15 is 0 Å². The number of carbonyl (C=O) groups excluding carboxylic acids is 1. The molecule has 2 heterocycles. The molecule has 0 saturated heterocycles. The van der Waals surface area contributed by atoms with E-state index in [9.17, 15) is 14.0 Å². The van der Waals surface area contributed by atoms with Gasteiger partial charge in [-0.05, 0) is 63.4 Å². The van der Waals surface area contributed by atoms with Crippen LogP contribution in [0.25, 0.3) is 5.69 Å². The predicted octanol–water partition coefficient (Wildman–Crippen LogP) is 8.07. The van der Waals surface area contributed by atoms with Gasteiger partial charge < -0.3 is 15.0 Å². The van der Waals surface area contributed by atoms with Gasteiger partial charge >= 0.3 is 6.03 Å². The van der Waals surface area contributed by atoms with E-state index in [1.165, 1.54) is 42.8 Å². The Bertz CT molecular complexity index is 1620. The fraction of sp³-hybridized carbons (Fsp3) is 0.417. The second-order valence-electron chi connectivity index (χ2n) is 11.6. The molecule has 0 aliphatic carbocycles. The second-order valence-corrected chi connectivity index (χ2v) is 11.6. The van der Waals surface area contributed by atoms with E-state index in [2.05, 4.69) is 15.6 Å². The summed E-state index contributed by atoms with van der Waals surface area (Å²) < 4.78 is 24.2. The zero-order valence-corrected chi connectivity index (χ0v) is 27.5. The first-order valence-electron chi connectivity index (χ1n) is 16.3. The minimum Gasteiger partial charge on any atom is -0.454 e. The maximum atomic E-state index is 14.8. The normalized spacial score (nSPS) is 11.0. The number of nitrogens with zero attached hydrogens (tertiary/aromatic N) is 4. The molecule has 2 aromatic heterocycles. The smallest absolute Gasteiger partial charge is 0.322 e. The first kappa shape index (κ1) is 34.3. The van der Waals surface area contributed by atoms with Gasteiger partial charge in [-0.25, -0.2) is 18.9 Å². The number of hydrogen-bond acceptors (Lipinski definition) is 5. The van der Waals surface area contributed by atoms with E-state index in [1.54, 1.807) is 36.0 Å². The fourth-order valence-corrected chi connectivity index (χ4v) is 5.34. The van der Waals surface area contributed by atoms with Crippen LogP contribution in [-0.4, -0.2) is 45.4 Å². The van der Waals surface area contributed by atoms with Crippen molar-refractivity contribution in [2.75, 3.05) is 30.8 Å². The number of pyridine rings is 1. The molecule has 4 aromatic rings. The van der Waals surface area contributed by atoms with Crippen LogP contribution < -0.4 is 20.9 Å². The highest BCUT2D eigenvalue weighted by Crippen LogP contribution is 2.28. The highest BCUT2D eigenvalue weighted by atomic mass is 19.1. The van der Waals surface area contributed by atoms with E-state index in [4.69, 9.17) is 4.74 Å². The van der Waals surface area contributed by atoms with Crippen molar-refractivity contribution in [2.24, 2.45) is 7.05 Å². The monoisotopic (exact) mass is 630 g/mol. The minimum atomic E-state index is -0.470. The third-order valence-electron chi connectivity index (χ3n) is 8.30. The van der Waals surface area contributed by atoms with Crippen molar-refractivity contribution < 1.29 is 13.9 Å². The molecule has 0 saturated carbocycles. The Morgan fingerprint density at radius 2 is 1.65 bits per heavy atom. The van der Waals surface area contributed by atoms with Gasteiger partial charge in [0.1, 0.15) is 11.6 Å². The molecule has 0 spiro atoms. The summed E-state index contributed by atoms with van der Waals surface area (Å²) in [6, 6.07) is 17.5. The van der Waals surface area contributed by atoms with Gasteiger partial charge in [-0.3, -0.25) is 14.8 Å². The van der Waals surface area contributed by atoms with Gasteiger partial charge in [-0.2, -0.15) is 0 Å². The summed E-state index contributed by atoms with van der Waals surface area (Å²) in [7, 11) is 3.63. The largest absolute Gasteiger partial charge is 0.454 e. The maximum absolute atomic E-state index is 14.8. The Hall–Kier alpha value is -4.60. The topological polar surface area (TPSA) is 93.4 Å². The van der Waals surface area contributed by atoms with Crippen LogP contribution in [0, 0.1) is 12.7 Å². The average Bonchev–Trinajstić information content (AvgIpc) is 3.27. The van der Waals surface area contributed by atoms with E-state index in [-0.39, 0.29) is 17.3 Å². The molecule has 0 radical (unpaired) electrons. The van der Waals surface area contributed by atoms with E-state index in [1.807, 2.05) is 55.9 Å². The van der Waals surface area contributed by atoms with Crippen molar-refractivity contribution in [2.45, 2.75) is 71.6 Å². The van der Waals surface area contributed by atoms with Crippen LogP contribution in [-0.2, 0) is 13.5 Å². The number of ether oxygens (including phenoxy) is 1. The van der Waals surface area contributed by atoms with Crippen molar-refractivity contribution in [3.05, 3.63) is 94.3 Å². The Kier molecular flexibility index (Phi) is 12.8. The van der Waals surface area contributed by atoms with Gasteiger partial charge in [0.25, 0.3) is 5.56 Å². The number of benzene rings is 2. The summed E-state index contributed by atoms with van der Waals surface area (Å²) in [4.78, 5) is 30.8. The number of amides is 2. The molecular weight excluding hydrogens is 583 g/mol. The number of rotatable bonds is 17. The van der Waals surface area contributed by atoms with Gasteiger partial charge in [0.05, 0.1) is 5.69 Å². The van der Waals surface area contributed by atoms with Crippen molar-refractivity contribution in [1.82, 2.24) is 19.2 Å². The van der Waals surface area contributed by atoms with Crippen LogP contribution in [0.5, 0.6) is 11.5 Å². The fourth-order valence-electron chi connectivity index (χ4n) is 5.34. The van der Waals surface area contributed by atoms with E-state index in [0.717, 1.165) is 55.6 Å². The molecule has 0 aliphatic heterocycles. The molecular formula is C36H47FN6O3. The zero-order valence-electron chi connectivity index (χ0n) is 27.5. The minimum absolute atomic E-state index is 0.0919. The molecule has 0 unspecified atom stereocenters. The third-order valence-corrected chi connectivity index (χ3v) is 8.30. The number of para-hydroxylation sites is 1. The summed E-state index contributed by atoms with van der Waals surface area (Å²) in [6.45, 7) is 5.24. The van der Waals surface area contributed by atoms with Gasteiger partial charge in [0.2, 0.25) is 0 Å². The molecule has 0 fully saturated rings. The molecule has 4 rings (SSSR count). The second kappa shape index (κ2) is 17.2. The van der Waals surface area contributed by atoms with Crippen molar-refractivity contribution in [3.8, 4) is 17.2 Å². The third kappa shape index (κ3) is 9.45. The highest BCUT2D eigenvalue weighted by molar-refractivity contribution is 5.88. The number of hydrogen-bond donors (Lipinski definition) is 2. The Labute approximate surface area is 271 Å². The van der Waals surface area contributed by atoms with Crippen LogP contribution in [0.4, 0.5) is 20.7 Å². The lowest BCUT2D eigenvalue weighted by atomic mass is 10.0. The van der Waals surface area contributed by atoms with Crippen LogP contribution in [0.2, 0.25) is 0 Å².